The molecule has 2 N–H and O–H groups in total. The SMILES string of the molecule is Cc1ccc2c(NC(=O)c3cc(-c4ccccn4)nc4ccccc34)n[nH]c2n1. The Morgan fingerprint density at radius 3 is 2.66 bits per heavy atom. The number of rotatable bonds is 3. The third kappa shape index (κ3) is 3.08. The molecule has 5 aromatic rings. The summed E-state index contributed by atoms with van der Waals surface area (Å²) in [6.07, 6.45) is 1.71. The Kier molecular flexibility index (Phi) is 3.98. The van der Waals surface area contributed by atoms with Crippen LogP contribution in [-0.4, -0.2) is 31.1 Å². The molecule has 0 saturated carbocycles. The topological polar surface area (TPSA) is 96.5 Å². The number of fused-ring (bicyclic) bond motifs is 2. The first-order valence-corrected chi connectivity index (χ1v) is 9.13. The number of hydrogen-bond acceptors (Lipinski definition) is 5. The van der Waals surface area contributed by atoms with Crippen molar-refractivity contribution >= 4 is 33.7 Å². The highest BCUT2D eigenvalue weighted by molar-refractivity contribution is 6.14. The van der Waals surface area contributed by atoms with Crippen molar-refractivity contribution in [3.05, 3.63) is 78.1 Å². The summed E-state index contributed by atoms with van der Waals surface area (Å²) in [5.74, 6) is 0.174. The molecule has 0 atom stereocenters. The lowest BCUT2D eigenvalue weighted by Crippen LogP contribution is -2.13. The molecule has 4 aromatic heterocycles. The summed E-state index contributed by atoms with van der Waals surface area (Å²) in [7, 11) is 0. The Hall–Kier alpha value is -4.13. The molecule has 7 nitrogen and oxygen atoms in total. The Labute approximate surface area is 165 Å². The summed E-state index contributed by atoms with van der Waals surface area (Å²) in [5.41, 5.74) is 4.08. The van der Waals surface area contributed by atoms with E-state index in [1.54, 1.807) is 12.3 Å². The molecule has 29 heavy (non-hydrogen) atoms. The van der Waals surface area contributed by atoms with Gasteiger partial charge in [0.2, 0.25) is 0 Å². The predicted molar refractivity (Wildman–Crippen MR) is 112 cm³/mol. The van der Waals surface area contributed by atoms with Crippen molar-refractivity contribution < 1.29 is 4.79 Å². The van der Waals surface area contributed by atoms with Gasteiger partial charge in [0, 0.05) is 17.3 Å². The van der Waals surface area contributed by atoms with Gasteiger partial charge in [-0.3, -0.25) is 14.9 Å². The van der Waals surface area contributed by atoms with Crippen molar-refractivity contribution in [1.82, 2.24) is 25.1 Å². The van der Waals surface area contributed by atoms with Crippen molar-refractivity contribution in [1.29, 1.82) is 0 Å². The average Bonchev–Trinajstić information content (AvgIpc) is 3.15. The molecule has 0 radical (unpaired) electrons. The molecular weight excluding hydrogens is 364 g/mol. The molecule has 140 valence electrons. The molecule has 1 amide bonds. The summed E-state index contributed by atoms with van der Waals surface area (Å²) >= 11 is 0. The van der Waals surface area contributed by atoms with E-state index in [2.05, 4.69) is 30.5 Å². The molecular formula is C22H16N6O. The van der Waals surface area contributed by atoms with Crippen molar-refractivity contribution in [2.24, 2.45) is 0 Å². The van der Waals surface area contributed by atoms with Crippen LogP contribution in [0.3, 0.4) is 0 Å². The van der Waals surface area contributed by atoms with E-state index in [1.807, 2.05) is 61.5 Å². The van der Waals surface area contributed by atoms with E-state index in [4.69, 9.17) is 0 Å². The first kappa shape index (κ1) is 17.0. The van der Waals surface area contributed by atoms with Gasteiger partial charge in [0.1, 0.15) is 0 Å². The molecule has 0 aliphatic carbocycles. The highest BCUT2D eigenvalue weighted by Crippen LogP contribution is 2.25. The highest BCUT2D eigenvalue weighted by atomic mass is 16.1. The van der Waals surface area contributed by atoms with Crippen LogP contribution in [-0.2, 0) is 0 Å². The van der Waals surface area contributed by atoms with Gasteiger partial charge in [-0.05, 0) is 43.3 Å². The third-order valence-corrected chi connectivity index (χ3v) is 4.68. The van der Waals surface area contributed by atoms with Crippen molar-refractivity contribution in [3.8, 4) is 11.4 Å². The molecule has 7 heteroatoms. The van der Waals surface area contributed by atoms with Gasteiger partial charge in [-0.1, -0.05) is 24.3 Å². The first-order chi connectivity index (χ1) is 14.2. The largest absolute Gasteiger partial charge is 0.304 e. The van der Waals surface area contributed by atoms with Gasteiger partial charge in [0.05, 0.1) is 27.9 Å². The maximum absolute atomic E-state index is 13.2. The van der Waals surface area contributed by atoms with E-state index >= 15 is 0 Å². The van der Waals surface area contributed by atoms with Crippen LogP contribution in [0, 0.1) is 6.92 Å². The van der Waals surface area contributed by atoms with Crippen LogP contribution in [0.15, 0.2) is 66.9 Å². The molecule has 0 unspecified atom stereocenters. The molecule has 0 aliphatic rings. The predicted octanol–water partition coefficient (Wildman–Crippen LogP) is 4.13. The zero-order valence-corrected chi connectivity index (χ0v) is 15.5. The van der Waals surface area contributed by atoms with Crippen LogP contribution >= 0.6 is 0 Å². The normalized spacial score (nSPS) is 11.1. The fraction of sp³-hybridized carbons (Fsp3) is 0.0455. The summed E-state index contributed by atoms with van der Waals surface area (Å²) in [4.78, 5) is 26.6. The van der Waals surface area contributed by atoms with E-state index < -0.39 is 0 Å². The molecule has 0 aliphatic heterocycles. The van der Waals surface area contributed by atoms with Crippen LogP contribution < -0.4 is 5.32 Å². The average molecular weight is 380 g/mol. The maximum Gasteiger partial charge on any atom is 0.257 e. The van der Waals surface area contributed by atoms with E-state index in [9.17, 15) is 4.79 Å². The molecule has 0 bridgehead atoms. The van der Waals surface area contributed by atoms with E-state index in [0.717, 1.165) is 22.0 Å². The van der Waals surface area contributed by atoms with Gasteiger partial charge >= 0.3 is 0 Å². The van der Waals surface area contributed by atoms with Gasteiger partial charge in [-0.2, -0.15) is 5.10 Å². The third-order valence-electron chi connectivity index (χ3n) is 4.68. The number of carbonyl (C=O) groups is 1. The maximum atomic E-state index is 13.2. The number of anilines is 1. The second-order valence-corrected chi connectivity index (χ2v) is 6.66. The summed E-state index contributed by atoms with van der Waals surface area (Å²) in [6, 6.07) is 18.7. The van der Waals surface area contributed by atoms with Gasteiger partial charge < -0.3 is 5.32 Å². The minimum Gasteiger partial charge on any atom is -0.304 e. The Morgan fingerprint density at radius 1 is 0.931 bits per heavy atom. The lowest BCUT2D eigenvalue weighted by molar-refractivity contribution is 0.102. The summed E-state index contributed by atoms with van der Waals surface area (Å²) < 4.78 is 0. The zero-order chi connectivity index (χ0) is 19.8. The number of para-hydroxylation sites is 1. The lowest BCUT2D eigenvalue weighted by Gasteiger charge is -2.09. The van der Waals surface area contributed by atoms with Gasteiger partial charge in [-0.15, -0.1) is 0 Å². The second-order valence-electron chi connectivity index (χ2n) is 6.66. The zero-order valence-electron chi connectivity index (χ0n) is 15.5. The summed E-state index contributed by atoms with van der Waals surface area (Å²) in [5, 5.41) is 11.5. The van der Waals surface area contributed by atoms with Gasteiger partial charge in [0.25, 0.3) is 5.91 Å². The number of nitrogens with zero attached hydrogens (tertiary/aromatic N) is 4. The fourth-order valence-electron chi connectivity index (χ4n) is 3.28. The van der Waals surface area contributed by atoms with Crippen molar-refractivity contribution in [3.63, 3.8) is 0 Å². The van der Waals surface area contributed by atoms with E-state index in [1.165, 1.54) is 0 Å². The highest BCUT2D eigenvalue weighted by Gasteiger charge is 2.17. The second kappa shape index (κ2) is 6.79. The van der Waals surface area contributed by atoms with Crippen LogP contribution in [0.25, 0.3) is 33.3 Å². The number of H-pyrrole nitrogens is 1. The Morgan fingerprint density at radius 2 is 1.79 bits per heavy atom. The number of pyridine rings is 3. The molecule has 0 saturated heterocycles. The summed E-state index contributed by atoms with van der Waals surface area (Å²) in [6.45, 7) is 1.90. The first-order valence-electron chi connectivity index (χ1n) is 9.13. The molecule has 1 aromatic carbocycles. The van der Waals surface area contributed by atoms with Gasteiger partial charge in [-0.25, -0.2) is 9.97 Å². The quantitative estimate of drug-likeness (QED) is 0.491. The number of benzene rings is 1. The minimum absolute atomic E-state index is 0.269. The van der Waals surface area contributed by atoms with Crippen molar-refractivity contribution in [2.45, 2.75) is 6.92 Å². The standard InChI is InChI=1S/C22H16N6O/c1-13-9-10-15-20(24-13)27-28-21(15)26-22(29)16-12-19(18-8-4-5-11-23-18)25-17-7-3-2-6-14(16)17/h2-12H,1H3,(H2,24,26,27,28,29). The number of aromatic amines is 1. The van der Waals surface area contributed by atoms with Crippen molar-refractivity contribution in [2.75, 3.05) is 5.32 Å². The lowest BCUT2D eigenvalue weighted by atomic mass is 10.1. The Balaban J connectivity index is 1.60. The fourth-order valence-corrected chi connectivity index (χ4v) is 3.28. The number of hydrogen-bond donors (Lipinski definition) is 2. The van der Waals surface area contributed by atoms with E-state index in [0.29, 0.717) is 28.4 Å². The number of carbonyl (C=O) groups excluding carboxylic acids is 1. The van der Waals surface area contributed by atoms with Gasteiger partial charge in [0.15, 0.2) is 11.5 Å². The number of amides is 1. The van der Waals surface area contributed by atoms with Crippen LogP contribution in [0.2, 0.25) is 0 Å². The molecule has 0 fully saturated rings. The molecule has 5 rings (SSSR count). The molecule has 0 spiro atoms. The number of nitrogens with one attached hydrogen (secondary N) is 2. The Bertz CT molecular complexity index is 1360. The minimum atomic E-state index is -0.269. The molecule has 4 heterocycles. The van der Waals surface area contributed by atoms with E-state index in [-0.39, 0.29) is 5.91 Å². The number of aryl methyl sites for hydroxylation is 1. The smallest absolute Gasteiger partial charge is 0.257 e. The number of aromatic nitrogens is 5. The monoisotopic (exact) mass is 380 g/mol. The van der Waals surface area contributed by atoms with Crippen LogP contribution in [0.5, 0.6) is 0 Å². The van der Waals surface area contributed by atoms with Crippen LogP contribution in [0.1, 0.15) is 16.1 Å². The van der Waals surface area contributed by atoms with Crippen LogP contribution in [0.4, 0.5) is 5.82 Å².